The van der Waals surface area contributed by atoms with Gasteiger partial charge in [0.05, 0.1) is 10.8 Å². The molecule has 1 aromatic rings. The van der Waals surface area contributed by atoms with Crippen molar-refractivity contribution in [2.24, 2.45) is 11.1 Å². The Morgan fingerprint density at radius 1 is 1.25 bits per heavy atom. The van der Waals surface area contributed by atoms with E-state index in [0.717, 1.165) is 24.9 Å². The van der Waals surface area contributed by atoms with Gasteiger partial charge >= 0.3 is 5.97 Å². The van der Waals surface area contributed by atoms with E-state index in [1.807, 2.05) is 0 Å². The summed E-state index contributed by atoms with van der Waals surface area (Å²) in [5.74, 6) is -1.05. The fourth-order valence-corrected chi connectivity index (χ4v) is 3.04. The van der Waals surface area contributed by atoms with E-state index in [2.05, 4.69) is 5.32 Å². The summed E-state index contributed by atoms with van der Waals surface area (Å²) in [7, 11) is -3.68. The van der Waals surface area contributed by atoms with E-state index in [0.29, 0.717) is 6.42 Å². The first kappa shape index (κ1) is 14.8. The second-order valence-corrected chi connectivity index (χ2v) is 6.67. The van der Waals surface area contributed by atoms with E-state index < -0.39 is 16.0 Å². The standard InChI is InChI=1S/C13H18N2O4S/c14-20(18,19)12-6-4-10(5-7-12)15-11-3-1-2-9(8-11)13(16)17/h4-7,9,11,15H,1-3,8H2,(H,16,17)(H2,14,18,19). The zero-order valence-corrected chi connectivity index (χ0v) is 11.8. The maximum Gasteiger partial charge on any atom is 0.306 e. The van der Waals surface area contributed by atoms with Gasteiger partial charge in [0.2, 0.25) is 10.0 Å². The third kappa shape index (κ3) is 3.71. The molecule has 0 heterocycles. The number of rotatable bonds is 4. The van der Waals surface area contributed by atoms with Gasteiger partial charge in [-0.2, -0.15) is 0 Å². The van der Waals surface area contributed by atoms with Crippen LogP contribution in [0.1, 0.15) is 25.7 Å². The van der Waals surface area contributed by atoms with Crippen molar-refractivity contribution in [1.29, 1.82) is 0 Å². The fraction of sp³-hybridized carbons (Fsp3) is 0.462. The predicted molar refractivity (Wildman–Crippen MR) is 74.8 cm³/mol. The molecule has 1 aliphatic rings. The summed E-state index contributed by atoms with van der Waals surface area (Å²) in [4.78, 5) is 11.1. The average molecular weight is 298 g/mol. The van der Waals surface area contributed by atoms with Crippen molar-refractivity contribution in [1.82, 2.24) is 0 Å². The van der Waals surface area contributed by atoms with Crippen LogP contribution in [0.2, 0.25) is 0 Å². The van der Waals surface area contributed by atoms with Crippen LogP contribution in [0.15, 0.2) is 29.2 Å². The average Bonchev–Trinajstić information content (AvgIpc) is 2.38. The number of benzene rings is 1. The molecule has 7 heteroatoms. The highest BCUT2D eigenvalue weighted by atomic mass is 32.2. The summed E-state index contributed by atoms with van der Waals surface area (Å²) >= 11 is 0. The lowest BCUT2D eigenvalue weighted by atomic mass is 9.85. The summed E-state index contributed by atoms with van der Waals surface area (Å²) in [6.45, 7) is 0. The van der Waals surface area contributed by atoms with Gasteiger partial charge in [-0.15, -0.1) is 0 Å². The molecule has 2 unspecified atom stereocenters. The summed E-state index contributed by atoms with van der Waals surface area (Å²) in [6, 6.07) is 6.27. The molecule has 1 saturated carbocycles. The number of carbonyl (C=O) groups is 1. The number of primary sulfonamides is 1. The highest BCUT2D eigenvalue weighted by Crippen LogP contribution is 2.27. The minimum atomic E-state index is -3.68. The van der Waals surface area contributed by atoms with Crippen LogP contribution in [-0.2, 0) is 14.8 Å². The minimum absolute atomic E-state index is 0.0649. The van der Waals surface area contributed by atoms with Gasteiger partial charge in [0.15, 0.2) is 0 Å². The molecule has 0 radical (unpaired) electrons. The number of hydrogen-bond donors (Lipinski definition) is 3. The molecule has 4 N–H and O–H groups in total. The van der Waals surface area contributed by atoms with E-state index in [9.17, 15) is 13.2 Å². The van der Waals surface area contributed by atoms with Gasteiger partial charge in [-0.25, -0.2) is 13.6 Å². The molecule has 110 valence electrons. The second-order valence-electron chi connectivity index (χ2n) is 5.11. The van der Waals surface area contributed by atoms with E-state index >= 15 is 0 Å². The van der Waals surface area contributed by atoms with Crippen LogP contribution in [0.3, 0.4) is 0 Å². The van der Waals surface area contributed by atoms with Crippen LogP contribution in [0.5, 0.6) is 0 Å². The lowest BCUT2D eigenvalue weighted by Crippen LogP contribution is -2.30. The number of anilines is 1. The van der Waals surface area contributed by atoms with Crippen molar-refractivity contribution in [3.8, 4) is 0 Å². The Morgan fingerprint density at radius 3 is 2.45 bits per heavy atom. The second kappa shape index (κ2) is 5.80. The maximum absolute atomic E-state index is 11.1. The normalized spacial score (nSPS) is 23.2. The van der Waals surface area contributed by atoms with Gasteiger partial charge in [0, 0.05) is 11.7 Å². The van der Waals surface area contributed by atoms with E-state index in [1.54, 1.807) is 12.1 Å². The zero-order chi connectivity index (χ0) is 14.8. The number of nitrogens with one attached hydrogen (secondary N) is 1. The number of hydrogen-bond acceptors (Lipinski definition) is 4. The van der Waals surface area contributed by atoms with Crippen LogP contribution in [-0.4, -0.2) is 25.5 Å². The SMILES string of the molecule is NS(=O)(=O)c1ccc(NC2CCCC(C(=O)O)C2)cc1. The van der Waals surface area contributed by atoms with Crippen LogP contribution in [0.25, 0.3) is 0 Å². The van der Waals surface area contributed by atoms with Crippen molar-refractivity contribution in [2.45, 2.75) is 36.6 Å². The van der Waals surface area contributed by atoms with Gasteiger partial charge in [0.1, 0.15) is 0 Å². The molecule has 0 aromatic heterocycles. The lowest BCUT2D eigenvalue weighted by molar-refractivity contribution is -0.142. The third-order valence-electron chi connectivity index (χ3n) is 3.58. The Labute approximate surface area is 118 Å². The van der Waals surface area contributed by atoms with Crippen LogP contribution < -0.4 is 10.5 Å². The summed E-state index contributed by atoms with van der Waals surface area (Å²) in [5, 5.41) is 17.3. The number of nitrogens with two attached hydrogens (primary N) is 1. The molecule has 20 heavy (non-hydrogen) atoms. The van der Waals surface area contributed by atoms with Gasteiger partial charge < -0.3 is 10.4 Å². The van der Waals surface area contributed by atoms with Gasteiger partial charge in [-0.1, -0.05) is 6.42 Å². The minimum Gasteiger partial charge on any atom is -0.481 e. The Bertz CT molecular complexity index is 583. The molecule has 0 saturated heterocycles. The van der Waals surface area contributed by atoms with E-state index in [4.69, 9.17) is 10.2 Å². The smallest absolute Gasteiger partial charge is 0.306 e. The highest BCUT2D eigenvalue weighted by molar-refractivity contribution is 7.89. The molecule has 0 aliphatic heterocycles. The lowest BCUT2D eigenvalue weighted by Gasteiger charge is -2.28. The Morgan fingerprint density at radius 2 is 1.90 bits per heavy atom. The van der Waals surface area contributed by atoms with Gasteiger partial charge in [0.25, 0.3) is 0 Å². The van der Waals surface area contributed by atoms with E-state index in [1.165, 1.54) is 12.1 Å². The third-order valence-corrected chi connectivity index (χ3v) is 4.51. The zero-order valence-electron chi connectivity index (χ0n) is 11.0. The number of sulfonamides is 1. The molecular weight excluding hydrogens is 280 g/mol. The van der Waals surface area contributed by atoms with Gasteiger partial charge in [-0.05, 0) is 43.5 Å². The van der Waals surface area contributed by atoms with Gasteiger partial charge in [-0.3, -0.25) is 4.79 Å². The first-order valence-corrected chi connectivity index (χ1v) is 8.03. The summed E-state index contributed by atoms with van der Waals surface area (Å²) in [6.07, 6.45) is 3.11. The summed E-state index contributed by atoms with van der Waals surface area (Å²) in [5.41, 5.74) is 0.772. The number of carboxylic acid groups (broad SMARTS) is 1. The topological polar surface area (TPSA) is 109 Å². The first-order valence-electron chi connectivity index (χ1n) is 6.48. The Hall–Kier alpha value is -1.60. The maximum atomic E-state index is 11.1. The molecule has 1 aliphatic carbocycles. The molecule has 0 spiro atoms. The molecule has 1 aromatic carbocycles. The van der Waals surface area contributed by atoms with Crippen LogP contribution in [0.4, 0.5) is 5.69 Å². The van der Waals surface area contributed by atoms with Crippen molar-refractivity contribution in [2.75, 3.05) is 5.32 Å². The molecule has 2 rings (SSSR count). The van der Waals surface area contributed by atoms with Crippen LogP contribution in [0, 0.1) is 5.92 Å². The molecule has 2 atom stereocenters. The number of carboxylic acids is 1. The van der Waals surface area contributed by atoms with Crippen molar-refractivity contribution in [3.05, 3.63) is 24.3 Å². The van der Waals surface area contributed by atoms with Crippen molar-refractivity contribution >= 4 is 21.7 Å². The quantitative estimate of drug-likeness (QED) is 0.778. The van der Waals surface area contributed by atoms with Crippen molar-refractivity contribution < 1.29 is 18.3 Å². The first-order chi connectivity index (χ1) is 9.36. The highest BCUT2D eigenvalue weighted by Gasteiger charge is 2.26. The molecular formula is C13H18N2O4S. The molecule has 0 bridgehead atoms. The van der Waals surface area contributed by atoms with Crippen LogP contribution >= 0.6 is 0 Å². The van der Waals surface area contributed by atoms with Crippen molar-refractivity contribution in [3.63, 3.8) is 0 Å². The fourth-order valence-electron chi connectivity index (χ4n) is 2.52. The molecule has 1 fully saturated rings. The molecule has 6 nitrogen and oxygen atoms in total. The predicted octanol–water partition coefficient (Wildman–Crippen LogP) is 1.39. The largest absolute Gasteiger partial charge is 0.481 e. The van der Waals surface area contributed by atoms with E-state index in [-0.39, 0.29) is 16.9 Å². The Balaban J connectivity index is 2.01. The molecule has 0 amide bonds. The number of aliphatic carboxylic acids is 1. The summed E-state index contributed by atoms with van der Waals surface area (Å²) < 4.78 is 22.3. The monoisotopic (exact) mass is 298 g/mol. The Kier molecular flexibility index (Phi) is 4.29.